The average molecular weight is 1470 g/mol. The Balaban J connectivity index is 5.29. The largest absolute Gasteiger partial charge is 0.353 e. The van der Waals surface area contributed by atoms with Crippen molar-refractivity contribution in [2.24, 2.45) is 88.8 Å². The van der Waals surface area contributed by atoms with E-state index < -0.39 is 47.9 Å². The van der Waals surface area contributed by atoms with Gasteiger partial charge in [0.05, 0.1) is 18.1 Å². The number of hydrogen-bond acceptors (Lipinski definition) is 13. The van der Waals surface area contributed by atoms with Gasteiger partial charge in [0, 0.05) is 119 Å². The lowest BCUT2D eigenvalue weighted by Gasteiger charge is -2.26. The molecule has 23 nitrogen and oxygen atoms in total. The summed E-state index contributed by atoms with van der Waals surface area (Å²) in [6, 6.07) is -4.39. The van der Waals surface area contributed by atoms with E-state index in [1.165, 1.54) is 6.92 Å². The maximum atomic E-state index is 13.9. The highest BCUT2D eigenvalue weighted by molar-refractivity contribution is 5.95. The predicted octanol–water partition coefficient (Wildman–Crippen LogP) is 12.5. The second-order valence-electron chi connectivity index (χ2n) is 34.4. The molecule has 0 spiro atoms. The third kappa shape index (κ3) is 45.9. The molecule has 0 heterocycles. The van der Waals surface area contributed by atoms with E-state index in [4.69, 9.17) is 0 Å². The molecule has 10 N–H and O–H groups in total. The fourth-order valence-corrected chi connectivity index (χ4v) is 12.9. The molecule has 0 radical (unpaired) electrons. The Morgan fingerprint density at radius 1 is 0.308 bits per heavy atom. The number of carbonyl (C=O) groups is 13. The van der Waals surface area contributed by atoms with E-state index in [-0.39, 0.29) is 231 Å². The summed E-state index contributed by atoms with van der Waals surface area (Å²) >= 11 is 0. The van der Waals surface area contributed by atoms with Crippen molar-refractivity contribution in [3.63, 3.8) is 0 Å². The van der Waals surface area contributed by atoms with Gasteiger partial charge in [-0.05, 0) is 150 Å². The lowest BCUT2D eigenvalue weighted by Crippen LogP contribution is -2.47. The average Bonchev–Trinajstić information content (AvgIpc) is 0.867. The summed E-state index contributed by atoms with van der Waals surface area (Å²) in [5.74, 6) is -2.89. The van der Waals surface area contributed by atoms with Crippen LogP contribution in [0.1, 0.15) is 288 Å². The minimum atomic E-state index is -0.790. The Labute approximate surface area is 628 Å². The first-order chi connectivity index (χ1) is 48.3. The third-order valence-electron chi connectivity index (χ3n) is 19.2. The number of amides is 10. The van der Waals surface area contributed by atoms with Crippen LogP contribution in [-0.2, 0) is 47.9 Å². The summed E-state index contributed by atoms with van der Waals surface area (Å²) in [4.78, 5) is 172. The van der Waals surface area contributed by atoms with Crippen LogP contribution in [0, 0.1) is 88.8 Å². The molecule has 23 heteroatoms. The first-order valence-electron chi connectivity index (χ1n) is 39.7. The summed E-state index contributed by atoms with van der Waals surface area (Å²) in [6.07, 6.45) is 6.90. The molecule has 0 aromatic carbocycles. The minimum Gasteiger partial charge on any atom is -0.353 e. The van der Waals surface area contributed by atoms with Crippen molar-refractivity contribution < 1.29 is 62.3 Å². The minimum absolute atomic E-state index is 0.000213. The second-order valence-corrected chi connectivity index (χ2v) is 34.4. The van der Waals surface area contributed by atoms with E-state index in [9.17, 15) is 62.3 Å². The quantitative estimate of drug-likeness (QED) is 0.0271. The van der Waals surface area contributed by atoms with Gasteiger partial charge in [0.1, 0.15) is 17.3 Å². The number of rotatable bonds is 56. The van der Waals surface area contributed by atoms with Crippen molar-refractivity contribution >= 4 is 76.4 Å². The van der Waals surface area contributed by atoms with Gasteiger partial charge in [0.25, 0.3) is 0 Å². The highest BCUT2D eigenvalue weighted by Crippen LogP contribution is 2.23. The number of nitrogens with one attached hydrogen (secondary N) is 10. The van der Waals surface area contributed by atoms with Gasteiger partial charge >= 0.3 is 18.1 Å². The summed E-state index contributed by atoms with van der Waals surface area (Å²) in [5.41, 5.74) is 0. The maximum absolute atomic E-state index is 13.9. The normalized spacial score (nSPS) is 15.6. The van der Waals surface area contributed by atoms with E-state index in [1.807, 2.05) is 104 Å². The van der Waals surface area contributed by atoms with Crippen molar-refractivity contribution in [2.75, 3.05) is 19.6 Å². The number of urea groups is 3. The van der Waals surface area contributed by atoms with Gasteiger partial charge in [-0.3, -0.25) is 47.9 Å². The van der Waals surface area contributed by atoms with E-state index >= 15 is 0 Å². The Hall–Kier alpha value is -6.29. The van der Waals surface area contributed by atoms with Crippen molar-refractivity contribution in [2.45, 2.75) is 330 Å². The zero-order chi connectivity index (χ0) is 79.8. The zero-order valence-electron chi connectivity index (χ0n) is 69.1. The molecule has 0 aliphatic heterocycles. The van der Waals surface area contributed by atoms with E-state index in [0.717, 1.165) is 0 Å². The highest BCUT2D eigenvalue weighted by atomic mass is 16.2. The molecule has 0 saturated heterocycles. The Kier molecular flexibility index (Phi) is 48.7. The van der Waals surface area contributed by atoms with Crippen LogP contribution in [0.2, 0.25) is 0 Å². The molecule has 0 aliphatic carbocycles. The Bertz CT molecular complexity index is 2660. The topological polar surface area (TPSA) is 342 Å². The SMILES string of the molecule is CC(=O)[C@H](CC(C)C)NC(=O)[C@H](C)CC[C@H](CC(C)C)NC(=O)[C@H](C)CC(=O)CC[C@H](CC(C)C)NC(=O)NC[C@H](C)CC(=O)CC[C@@H](NC(=O)NC[C@@H](CC(=O)CC[C@H](C)NC(=O)NC[C@@H](CC(=O)[C@H](CC(C)C)NC(=O)[C@H](C)CC(=O)[C@H](CC(C)C)NC(=O)C(C)C)C(C)C)CC(C)C)C(C)C. The summed E-state index contributed by atoms with van der Waals surface area (Å²) in [6.45, 7) is 46.7. The molecule has 0 saturated carbocycles. The van der Waals surface area contributed by atoms with Crippen molar-refractivity contribution in [1.29, 1.82) is 0 Å². The Morgan fingerprint density at radius 2 is 0.721 bits per heavy atom. The molecule has 0 fully saturated rings. The van der Waals surface area contributed by atoms with Gasteiger partial charge < -0.3 is 53.2 Å². The molecule has 600 valence electrons. The molecule has 0 unspecified atom stereocenters. The number of hydrogen-bond donors (Lipinski definition) is 10. The zero-order valence-corrected chi connectivity index (χ0v) is 69.1. The second kappa shape index (κ2) is 51.9. The van der Waals surface area contributed by atoms with Gasteiger partial charge in [-0.1, -0.05) is 152 Å². The van der Waals surface area contributed by atoms with E-state index in [2.05, 4.69) is 80.9 Å². The molecule has 0 aliphatic rings. The van der Waals surface area contributed by atoms with E-state index in [0.29, 0.717) is 70.6 Å². The van der Waals surface area contributed by atoms with Gasteiger partial charge in [0.15, 0.2) is 17.3 Å². The molecular weight excluding hydrogens is 1320 g/mol. The Morgan fingerprint density at radius 3 is 1.24 bits per heavy atom. The van der Waals surface area contributed by atoms with Crippen LogP contribution in [0.3, 0.4) is 0 Å². The monoisotopic (exact) mass is 1470 g/mol. The summed E-state index contributed by atoms with van der Waals surface area (Å²) in [5, 5.41) is 29.6. The van der Waals surface area contributed by atoms with Crippen LogP contribution >= 0.6 is 0 Å². The summed E-state index contributed by atoms with van der Waals surface area (Å²) < 4.78 is 0. The smallest absolute Gasteiger partial charge is 0.315 e. The fraction of sp³-hybridized carbons (Fsp3) is 0.840. The molecular formula is C81H148N10O13. The van der Waals surface area contributed by atoms with Gasteiger partial charge in [-0.15, -0.1) is 0 Å². The van der Waals surface area contributed by atoms with Gasteiger partial charge in [-0.25, -0.2) is 14.4 Å². The first kappa shape index (κ1) is 97.7. The molecule has 13 atom stereocenters. The number of ketones is 6. The van der Waals surface area contributed by atoms with Crippen molar-refractivity contribution in [3.05, 3.63) is 0 Å². The van der Waals surface area contributed by atoms with E-state index in [1.54, 1.807) is 27.7 Å². The highest BCUT2D eigenvalue weighted by Gasteiger charge is 2.33. The first-order valence-corrected chi connectivity index (χ1v) is 39.7. The molecule has 0 bridgehead atoms. The number of carbonyl (C=O) groups excluding carboxylic acids is 13. The number of Topliss-reactive ketones (excluding diaryl/α,β-unsaturated/α-hetero) is 6. The van der Waals surface area contributed by atoms with Crippen LogP contribution in [0.15, 0.2) is 0 Å². The van der Waals surface area contributed by atoms with Crippen LogP contribution < -0.4 is 53.2 Å². The lowest BCUT2D eigenvalue weighted by atomic mass is 9.86. The van der Waals surface area contributed by atoms with Crippen LogP contribution in [-0.4, -0.2) is 138 Å². The maximum Gasteiger partial charge on any atom is 0.315 e. The van der Waals surface area contributed by atoms with Gasteiger partial charge in [0.2, 0.25) is 23.6 Å². The standard InChI is InChI=1S/C81H148N10O13/c1-47(2)33-62(42-68(95)29-26-60(23)85-79(102)84-46-63(53(13)14)43-74(97)72(38-52(11)12)90-78(101)59(22)41-73(96)71(37-51(9)10)89-75(98)55(17)18)45-83-81(104)91-69(54(15)16)32-31-66(93)39-56(19)44-82-80(103)87-65(35-49(5)6)28-30-67(94)40-58(21)77(100)86-64(34-48(3)4)27-25-57(20)76(99)88-70(61(24)92)36-50(7)8/h47-60,62-65,69-72H,25-46H2,1-24H3,(H,86,100)(H,88,99)(H,89,98)(H,90,101)(H2,82,87,103)(H2,83,91,104)(H2,84,85,102)/t56-,57-,58-,59-,60+,62-,63-,64-,65-,69-,70+,71+,72+/m1/s1. The predicted molar refractivity (Wildman–Crippen MR) is 415 cm³/mol. The van der Waals surface area contributed by atoms with Crippen LogP contribution in [0.4, 0.5) is 14.4 Å². The fourth-order valence-electron chi connectivity index (χ4n) is 12.9. The van der Waals surface area contributed by atoms with Crippen LogP contribution in [0.25, 0.3) is 0 Å². The molecule has 0 aromatic heterocycles. The molecule has 0 aromatic rings. The van der Waals surface area contributed by atoms with Crippen LogP contribution in [0.5, 0.6) is 0 Å². The van der Waals surface area contributed by atoms with Gasteiger partial charge in [-0.2, -0.15) is 0 Å². The molecule has 104 heavy (non-hydrogen) atoms. The third-order valence-corrected chi connectivity index (χ3v) is 19.2. The summed E-state index contributed by atoms with van der Waals surface area (Å²) in [7, 11) is 0. The molecule has 0 rings (SSSR count). The van der Waals surface area contributed by atoms with Crippen molar-refractivity contribution in [3.8, 4) is 0 Å². The molecule has 10 amide bonds. The lowest BCUT2D eigenvalue weighted by molar-refractivity contribution is -0.134. The van der Waals surface area contributed by atoms with Crippen molar-refractivity contribution in [1.82, 2.24) is 53.2 Å².